The van der Waals surface area contributed by atoms with E-state index in [1.54, 1.807) is 6.20 Å². The molecule has 0 spiro atoms. The van der Waals surface area contributed by atoms with Crippen molar-refractivity contribution < 1.29 is 4.79 Å². The van der Waals surface area contributed by atoms with Crippen molar-refractivity contribution >= 4 is 5.91 Å². The van der Waals surface area contributed by atoms with E-state index < -0.39 is 0 Å². The first-order chi connectivity index (χ1) is 12.7. The van der Waals surface area contributed by atoms with Crippen LogP contribution in [0, 0.1) is 6.92 Å². The van der Waals surface area contributed by atoms with Crippen molar-refractivity contribution in [1.29, 1.82) is 0 Å². The highest BCUT2D eigenvalue weighted by Crippen LogP contribution is 2.09. The Labute approximate surface area is 156 Å². The first-order valence-electron chi connectivity index (χ1n) is 9.52. The second-order valence-electron chi connectivity index (χ2n) is 6.96. The molecular weight excluding hydrogens is 324 g/mol. The Hall–Kier alpha value is -2.27. The van der Waals surface area contributed by atoms with Crippen LogP contribution in [0.15, 0.2) is 42.7 Å². The molecule has 26 heavy (non-hydrogen) atoms. The molecule has 0 unspecified atom stereocenters. The third-order valence-electron chi connectivity index (χ3n) is 4.92. The fourth-order valence-corrected chi connectivity index (χ4v) is 3.41. The molecule has 0 aromatic carbocycles. The summed E-state index contributed by atoms with van der Waals surface area (Å²) >= 11 is 0. The number of carbonyl (C=O) groups excluding carboxylic acids is 1. The molecule has 138 valence electrons. The van der Waals surface area contributed by atoms with Crippen LogP contribution in [-0.2, 0) is 17.6 Å². The molecule has 0 saturated carbocycles. The van der Waals surface area contributed by atoms with Crippen molar-refractivity contribution in [2.45, 2.75) is 32.6 Å². The average Bonchev–Trinajstić information content (AvgIpc) is 2.91. The lowest BCUT2D eigenvalue weighted by Crippen LogP contribution is -2.35. The SMILES string of the molecule is Cc1cccc(CCN2CCCN(C(=O)CCc3cccnc3)CC2)n1. The minimum Gasteiger partial charge on any atom is -0.341 e. The van der Waals surface area contributed by atoms with Gasteiger partial charge < -0.3 is 9.80 Å². The van der Waals surface area contributed by atoms with Gasteiger partial charge in [-0.15, -0.1) is 0 Å². The van der Waals surface area contributed by atoms with Gasteiger partial charge in [0.25, 0.3) is 0 Å². The molecule has 0 atom stereocenters. The Bertz CT molecular complexity index is 704. The van der Waals surface area contributed by atoms with Crippen molar-refractivity contribution in [1.82, 2.24) is 19.8 Å². The zero-order chi connectivity index (χ0) is 18.2. The lowest BCUT2D eigenvalue weighted by atomic mass is 10.1. The van der Waals surface area contributed by atoms with Gasteiger partial charge in [0.2, 0.25) is 5.91 Å². The van der Waals surface area contributed by atoms with Crippen LogP contribution in [0.2, 0.25) is 0 Å². The summed E-state index contributed by atoms with van der Waals surface area (Å²) in [5, 5.41) is 0. The molecule has 0 radical (unpaired) electrons. The van der Waals surface area contributed by atoms with Crippen LogP contribution >= 0.6 is 0 Å². The molecular formula is C21H28N4O. The highest BCUT2D eigenvalue weighted by molar-refractivity contribution is 5.76. The van der Waals surface area contributed by atoms with Crippen molar-refractivity contribution in [3.63, 3.8) is 0 Å². The lowest BCUT2D eigenvalue weighted by molar-refractivity contribution is -0.131. The molecule has 1 saturated heterocycles. The second-order valence-corrected chi connectivity index (χ2v) is 6.96. The van der Waals surface area contributed by atoms with E-state index in [1.165, 1.54) is 0 Å². The minimum absolute atomic E-state index is 0.260. The number of hydrogen-bond acceptors (Lipinski definition) is 4. The molecule has 5 heteroatoms. The van der Waals surface area contributed by atoms with Gasteiger partial charge in [0.15, 0.2) is 0 Å². The van der Waals surface area contributed by atoms with Crippen LogP contribution in [0.3, 0.4) is 0 Å². The summed E-state index contributed by atoms with van der Waals surface area (Å²) in [7, 11) is 0. The predicted octanol–water partition coefficient (Wildman–Crippen LogP) is 2.49. The number of nitrogens with zero attached hydrogens (tertiary/aromatic N) is 4. The van der Waals surface area contributed by atoms with E-state index >= 15 is 0 Å². The Balaban J connectivity index is 1.43. The third-order valence-corrected chi connectivity index (χ3v) is 4.92. The number of carbonyl (C=O) groups is 1. The summed E-state index contributed by atoms with van der Waals surface area (Å²) in [5.41, 5.74) is 3.35. The largest absolute Gasteiger partial charge is 0.341 e. The highest BCUT2D eigenvalue weighted by atomic mass is 16.2. The van der Waals surface area contributed by atoms with E-state index in [0.717, 1.165) is 68.9 Å². The van der Waals surface area contributed by atoms with E-state index in [1.807, 2.05) is 36.2 Å². The van der Waals surface area contributed by atoms with Gasteiger partial charge in [-0.3, -0.25) is 14.8 Å². The van der Waals surface area contributed by atoms with E-state index in [2.05, 4.69) is 27.0 Å². The quantitative estimate of drug-likeness (QED) is 0.801. The number of pyridine rings is 2. The van der Waals surface area contributed by atoms with Crippen LogP contribution in [0.25, 0.3) is 0 Å². The standard InChI is InChI=1S/C21H28N4O/c1-18-5-2-7-20(23-18)10-14-24-12-4-13-25(16-15-24)21(26)9-8-19-6-3-11-22-17-19/h2-3,5-7,11,17H,4,8-10,12-16H2,1H3. The molecule has 1 fully saturated rings. The molecule has 1 aliphatic rings. The van der Waals surface area contributed by atoms with E-state index in [0.29, 0.717) is 6.42 Å². The Kier molecular flexibility index (Phi) is 6.72. The first kappa shape index (κ1) is 18.5. The van der Waals surface area contributed by atoms with Gasteiger partial charge in [-0.1, -0.05) is 12.1 Å². The number of amides is 1. The smallest absolute Gasteiger partial charge is 0.222 e. The Morgan fingerprint density at radius 3 is 2.81 bits per heavy atom. The lowest BCUT2D eigenvalue weighted by Gasteiger charge is -2.22. The topological polar surface area (TPSA) is 49.3 Å². The van der Waals surface area contributed by atoms with Crippen molar-refractivity contribution in [3.8, 4) is 0 Å². The van der Waals surface area contributed by atoms with Crippen molar-refractivity contribution in [2.24, 2.45) is 0 Å². The second kappa shape index (κ2) is 9.43. The summed E-state index contributed by atoms with van der Waals surface area (Å²) in [6.07, 6.45) is 6.96. The van der Waals surface area contributed by atoms with E-state index in [9.17, 15) is 4.79 Å². The van der Waals surface area contributed by atoms with Gasteiger partial charge in [0, 0.05) is 62.8 Å². The summed E-state index contributed by atoms with van der Waals surface area (Å²) in [6.45, 7) is 6.74. The van der Waals surface area contributed by atoms with Gasteiger partial charge >= 0.3 is 0 Å². The zero-order valence-corrected chi connectivity index (χ0v) is 15.6. The van der Waals surface area contributed by atoms with Crippen molar-refractivity contribution in [3.05, 3.63) is 59.7 Å². The molecule has 1 aliphatic heterocycles. The van der Waals surface area contributed by atoms with Crippen LogP contribution in [0.4, 0.5) is 0 Å². The molecule has 3 rings (SSSR count). The molecule has 5 nitrogen and oxygen atoms in total. The predicted molar refractivity (Wildman–Crippen MR) is 103 cm³/mol. The minimum atomic E-state index is 0.260. The van der Waals surface area contributed by atoms with Gasteiger partial charge in [-0.2, -0.15) is 0 Å². The number of rotatable bonds is 6. The normalized spacial score (nSPS) is 15.7. The van der Waals surface area contributed by atoms with Crippen LogP contribution in [0.5, 0.6) is 0 Å². The molecule has 3 heterocycles. The molecule has 0 N–H and O–H groups in total. The van der Waals surface area contributed by atoms with Gasteiger partial charge in [0.1, 0.15) is 0 Å². The Morgan fingerprint density at radius 2 is 2.00 bits per heavy atom. The summed E-state index contributed by atoms with van der Waals surface area (Å²) in [4.78, 5) is 25.7. The average molecular weight is 352 g/mol. The van der Waals surface area contributed by atoms with Crippen LogP contribution in [-0.4, -0.2) is 58.4 Å². The highest BCUT2D eigenvalue weighted by Gasteiger charge is 2.18. The molecule has 0 aliphatic carbocycles. The molecule has 1 amide bonds. The van der Waals surface area contributed by atoms with Crippen LogP contribution < -0.4 is 0 Å². The van der Waals surface area contributed by atoms with Crippen LogP contribution in [0.1, 0.15) is 29.8 Å². The summed E-state index contributed by atoms with van der Waals surface area (Å²) in [5.74, 6) is 0.260. The summed E-state index contributed by atoms with van der Waals surface area (Å²) in [6, 6.07) is 10.2. The van der Waals surface area contributed by atoms with Gasteiger partial charge in [-0.05, 0) is 50.1 Å². The maximum atomic E-state index is 12.5. The number of aryl methyl sites for hydroxylation is 2. The van der Waals surface area contributed by atoms with E-state index in [-0.39, 0.29) is 5.91 Å². The summed E-state index contributed by atoms with van der Waals surface area (Å²) < 4.78 is 0. The van der Waals surface area contributed by atoms with Crippen molar-refractivity contribution in [2.75, 3.05) is 32.7 Å². The molecule has 2 aromatic heterocycles. The maximum Gasteiger partial charge on any atom is 0.222 e. The fourth-order valence-electron chi connectivity index (χ4n) is 3.41. The third kappa shape index (κ3) is 5.63. The fraction of sp³-hybridized carbons (Fsp3) is 0.476. The zero-order valence-electron chi connectivity index (χ0n) is 15.6. The molecule has 2 aromatic rings. The van der Waals surface area contributed by atoms with E-state index in [4.69, 9.17) is 0 Å². The molecule has 0 bridgehead atoms. The van der Waals surface area contributed by atoms with Gasteiger partial charge in [0.05, 0.1) is 0 Å². The monoisotopic (exact) mass is 352 g/mol. The first-order valence-corrected chi connectivity index (χ1v) is 9.52. The van der Waals surface area contributed by atoms with Gasteiger partial charge in [-0.25, -0.2) is 0 Å². The maximum absolute atomic E-state index is 12.5. The number of aromatic nitrogens is 2. The Morgan fingerprint density at radius 1 is 1.08 bits per heavy atom. The number of hydrogen-bond donors (Lipinski definition) is 0.